The number of nitrogens with one attached hydrogen (secondary N) is 2. The highest BCUT2D eigenvalue weighted by Crippen LogP contribution is 2.17. The fraction of sp³-hybridized carbons (Fsp3) is 0.462. The molecule has 1 aromatic rings. The van der Waals surface area contributed by atoms with Gasteiger partial charge >= 0.3 is 0 Å². The van der Waals surface area contributed by atoms with E-state index in [9.17, 15) is 9.18 Å². The van der Waals surface area contributed by atoms with Crippen molar-refractivity contribution in [3.63, 3.8) is 0 Å². The van der Waals surface area contributed by atoms with Crippen molar-refractivity contribution in [2.75, 3.05) is 19.6 Å². The molecule has 1 heterocycles. The first-order chi connectivity index (χ1) is 8.66. The molecule has 1 unspecified atom stereocenters. The van der Waals surface area contributed by atoms with Crippen LogP contribution in [0.1, 0.15) is 23.2 Å². The van der Waals surface area contributed by atoms with Gasteiger partial charge in [0.1, 0.15) is 5.82 Å². The highest BCUT2D eigenvalue weighted by atomic mass is 79.9. The number of carbonyl (C=O) groups is 1. The third kappa shape index (κ3) is 4.75. The van der Waals surface area contributed by atoms with Gasteiger partial charge < -0.3 is 10.6 Å². The Balaban J connectivity index is 0.00000180. The average molecular weight is 352 g/mol. The van der Waals surface area contributed by atoms with Gasteiger partial charge in [-0.05, 0) is 66.0 Å². The molecular weight excluding hydrogens is 335 g/mol. The quantitative estimate of drug-likeness (QED) is 0.876. The fourth-order valence-corrected chi connectivity index (χ4v) is 2.47. The van der Waals surface area contributed by atoms with Crippen LogP contribution < -0.4 is 10.6 Å². The molecule has 3 nitrogen and oxygen atoms in total. The molecule has 0 aromatic heterocycles. The molecule has 0 aliphatic carbocycles. The van der Waals surface area contributed by atoms with Crippen molar-refractivity contribution in [2.24, 2.45) is 5.92 Å². The third-order valence-electron chi connectivity index (χ3n) is 3.18. The molecule has 1 atom stereocenters. The number of carbonyl (C=O) groups excluding carboxylic acids is 1. The Kier molecular flexibility index (Phi) is 6.75. The number of halogens is 3. The molecule has 1 saturated heterocycles. The van der Waals surface area contributed by atoms with E-state index >= 15 is 0 Å². The summed E-state index contributed by atoms with van der Waals surface area (Å²) in [5.74, 6) is 0.149. The van der Waals surface area contributed by atoms with Crippen LogP contribution in [0.2, 0.25) is 0 Å². The lowest BCUT2D eigenvalue weighted by molar-refractivity contribution is 0.0951. The maximum atomic E-state index is 13.0. The molecule has 1 fully saturated rings. The predicted octanol–water partition coefficient (Wildman–Crippen LogP) is 2.74. The Bertz CT molecular complexity index is 439. The standard InChI is InChI=1S/C13H16BrFN2O.ClH/c14-11-7-10(1-2-12(11)15)13(18)17-6-4-9-3-5-16-8-9;/h1-2,7,9,16H,3-6,8H2,(H,17,18);1H. The second-order valence-corrected chi connectivity index (χ2v) is 5.39. The summed E-state index contributed by atoms with van der Waals surface area (Å²) in [6.07, 6.45) is 2.17. The lowest BCUT2D eigenvalue weighted by Gasteiger charge is -2.09. The minimum Gasteiger partial charge on any atom is -0.352 e. The van der Waals surface area contributed by atoms with E-state index in [2.05, 4.69) is 26.6 Å². The molecule has 1 amide bonds. The molecule has 2 rings (SSSR count). The summed E-state index contributed by atoms with van der Waals surface area (Å²) in [5, 5.41) is 6.16. The van der Waals surface area contributed by atoms with Crippen LogP contribution >= 0.6 is 28.3 Å². The molecular formula is C13H17BrClFN2O. The van der Waals surface area contributed by atoms with Crippen LogP contribution in [0, 0.1) is 11.7 Å². The normalized spacial score (nSPS) is 17.9. The van der Waals surface area contributed by atoms with Crippen molar-refractivity contribution >= 4 is 34.2 Å². The zero-order chi connectivity index (χ0) is 13.0. The Morgan fingerprint density at radius 1 is 1.53 bits per heavy atom. The van der Waals surface area contributed by atoms with Crippen molar-refractivity contribution < 1.29 is 9.18 Å². The average Bonchev–Trinajstić information content (AvgIpc) is 2.85. The topological polar surface area (TPSA) is 41.1 Å². The Morgan fingerprint density at radius 3 is 2.95 bits per heavy atom. The van der Waals surface area contributed by atoms with Crippen LogP contribution in [0.5, 0.6) is 0 Å². The lowest BCUT2D eigenvalue weighted by Crippen LogP contribution is -2.26. The summed E-state index contributed by atoms with van der Waals surface area (Å²) in [4.78, 5) is 11.8. The number of rotatable bonds is 4. The minimum atomic E-state index is -0.358. The van der Waals surface area contributed by atoms with Gasteiger partial charge in [0.15, 0.2) is 0 Å². The lowest BCUT2D eigenvalue weighted by atomic mass is 10.1. The van der Waals surface area contributed by atoms with E-state index in [0.29, 0.717) is 22.5 Å². The van der Waals surface area contributed by atoms with Crippen molar-refractivity contribution in [3.05, 3.63) is 34.1 Å². The molecule has 2 N–H and O–H groups in total. The smallest absolute Gasteiger partial charge is 0.251 e. The van der Waals surface area contributed by atoms with Crippen molar-refractivity contribution in [1.29, 1.82) is 0 Å². The van der Waals surface area contributed by atoms with Crippen molar-refractivity contribution in [3.8, 4) is 0 Å². The highest BCUT2D eigenvalue weighted by Gasteiger charge is 2.14. The van der Waals surface area contributed by atoms with E-state index in [1.54, 1.807) is 0 Å². The molecule has 0 radical (unpaired) electrons. The first-order valence-corrected chi connectivity index (χ1v) is 6.90. The minimum absolute atomic E-state index is 0. The van der Waals surface area contributed by atoms with Gasteiger partial charge in [0.2, 0.25) is 0 Å². The summed E-state index contributed by atoms with van der Waals surface area (Å²) in [6, 6.07) is 4.29. The first kappa shape index (κ1) is 16.4. The van der Waals surface area contributed by atoms with Crippen LogP contribution in [-0.4, -0.2) is 25.5 Å². The Hall–Kier alpha value is -0.650. The number of hydrogen-bond donors (Lipinski definition) is 2. The molecule has 106 valence electrons. The predicted molar refractivity (Wildman–Crippen MR) is 79.3 cm³/mol. The molecule has 19 heavy (non-hydrogen) atoms. The maximum Gasteiger partial charge on any atom is 0.251 e. The Morgan fingerprint density at radius 2 is 2.32 bits per heavy atom. The van der Waals surface area contributed by atoms with Gasteiger partial charge in [0.05, 0.1) is 4.47 Å². The van der Waals surface area contributed by atoms with Gasteiger partial charge in [0, 0.05) is 12.1 Å². The van der Waals surface area contributed by atoms with E-state index in [0.717, 1.165) is 19.5 Å². The van der Waals surface area contributed by atoms with Crippen LogP contribution in [0.25, 0.3) is 0 Å². The van der Waals surface area contributed by atoms with Gasteiger partial charge in [0.25, 0.3) is 5.91 Å². The third-order valence-corrected chi connectivity index (χ3v) is 3.79. The second kappa shape index (κ2) is 7.82. The molecule has 6 heteroatoms. The van der Waals surface area contributed by atoms with Crippen LogP contribution in [0.4, 0.5) is 4.39 Å². The fourth-order valence-electron chi connectivity index (χ4n) is 2.09. The summed E-state index contributed by atoms with van der Waals surface area (Å²) < 4.78 is 13.3. The van der Waals surface area contributed by atoms with Crippen molar-refractivity contribution in [2.45, 2.75) is 12.8 Å². The molecule has 1 aromatic carbocycles. The number of hydrogen-bond acceptors (Lipinski definition) is 2. The van der Waals surface area contributed by atoms with Crippen molar-refractivity contribution in [1.82, 2.24) is 10.6 Å². The molecule has 0 saturated carbocycles. The van der Waals surface area contributed by atoms with Gasteiger partial charge in [-0.2, -0.15) is 0 Å². The van der Waals surface area contributed by atoms with E-state index in [1.807, 2.05) is 0 Å². The van der Waals surface area contributed by atoms with Gasteiger partial charge in [-0.1, -0.05) is 0 Å². The summed E-state index contributed by atoms with van der Waals surface area (Å²) in [5.41, 5.74) is 0.479. The number of amides is 1. The van der Waals surface area contributed by atoms with Crippen LogP contribution in [0.3, 0.4) is 0 Å². The molecule has 1 aliphatic rings. The van der Waals surface area contributed by atoms with E-state index in [-0.39, 0.29) is 24.1 Å². The molecule has 0 bridgehead atoms. The van der Waals surface area contributed by atoms with E-state index in [1.165, 1.54) is 24.6 Å². The first-order valence-electron chi connectivity index (χ1n) is 6.11. The zero-order valence-corrected chi connectivity index (χ0v) is 12.8. The van der Waals surface area contributed by atoms with E-state index < -0.39 is 0 Å². The maximum absolute atomic E-state index is 13.0. The van der Waals surface area contributed by atoms with E-state index in [4.69, 9.17) is 0 Å². The molecule has 0 spiro atoms. The summed E-state index contributed by atoms with van der Waals surface area (Å²) >= 11 is 3.07. The van der Waals surface area contributed by atoms with Gasteiger partial charge in [-0.15, -0.1) is 12.4 Å². The largest absolute Gasteiger partial charge is 0.352 e. The zero-order valence-electron chi connectivity index (χ0n) is 10.4. The van der Waals surface area contributed by atoms with Gasteiger partial charge in [-0.3, -0.25) is 4.79 Å². The monoisotopic (exact) mass is 350 g/mol. The second-order valence-electron chi connectivity index (χ2n) is 4.53. The van der Waals surface area contributed by atoms with Crippen LogP contribution in [-0.2, 0) is 0 Å². The molecule has 1 aliphatic heterocycles. The van der Waals surface area contributed by atoms with Gasteiger partial charge in [-0.25, -0.2) is 4.39 Å². The number of benzene rings is 1. The SMILES string of the molecule is Cl.O=C(NCCC1CCNC1)c1ccc(F)c(Br)c1. The summed E-state index contributed by atoms with van der Waals surface area (Å²) in [7, 11) is 0. The van der Waals surface area contributed by atoms with Crippen LogP contribution in [0.15, 0.2) is 22.7 Å². The highest BCUT2D eigenvalue weighted by molar-refractivity contribution is 9.10. The summed E-state index contributed by atoms with van der Waals surface area (Å²) in [6.45, 7) is 2.78. The Labute approximate surface area is 126 Å².